The maximum absolute atomic E-state index is 13.0. The normalized spacial score (nSPS) is 30.8. The molecule has 0 aromatic rings. The lowest BCUT2D eigenvalue weighted by Crippen LogP contribution is -2.32. The molecule has 3 fully saturated rings. The Morgan fingerprint density at radius 1 is 0.872 bits per heavy atom. The van der Waals surface area contributed by atoms with Crippen LogP contribution in [-0.4, -0.2) is 43.1 Å². The first kappa shape index (κ1) is 31.6. The summed E-state index contributed by atoms with van der Waals surface area (Å²) in [5, 5.41) is 0. The summed E-state index contributed by atoms with van der Waals surface area (Å²) in [6.45, 7) is 11.1. The van der Waals surface area contributed by atoms with Gasteiger partial charge in [-0.1, -0.05) is 39.8 Å². The summed E-state index contributed by atoms with van der Waals surface area (Å²) >= 11 is 0. The van der Waals surface area contributed by atoms with Gasteiger partial charge in [0.1, 0.15) is 6.10 Å². The van der Waals surface area contributed by atoms with Crippen molar-refractivity contribution in [2.75, 3.05) is 13.2 Å². The van der Waals surface area contributed by atoms with Crippen LogP contribution >= 0.6 is 0 Å². The predicted octanol–water partition coefficient (Wildman–Crippen LogP) is 7.15. The number of unbranched alkanes of at least 4 members (excludes halogenated alkanes) is 3. The van der Waals surface area contributed by atoms with Gasteiger partial charge in [0.15, 0.2) is 5.78 Å². The summed E-state index contributed by atoms with van der Waals surface area (Å²) in [5.74, 6) is 1.36. The summed E-state index contributed by atoms with van der Waals surface area (Å²) < 4.78 is 17.0. The standard InChI is InChI=1S/C33H52O6/c1-5-31(34)38-21-9-7-6-8-20-37-27-17-13-26(14-18-27)33(36)39-28-15-11-25(12-16-28)22-30-24(4)10-19-29(23(2)3)32(30)35/h5,22-29H,1,6-21H2,2-4H3. The van der Waals surface area contributed by atoms with Crippen molar-refractivity contribution in [3.05, 3.63) is 24.3 Å². The molecular weight excluding hydrogens is 492 g/mol. The molecule has 2 atom stereocenters. The fourth-order valence-corrected chi connectivity index (χ4v) is 6.45. The van der Waals surface area contributed by atoms with Gasteiger partial charge in [-0.05, 0) is 107 Å². The number of hydrogen-bond donors (Lipinski definition) is 0. The zero-order valence-electron chi connectivity index (χ0n) is 24.7. The number of Topliss-reactive ketones (excluding diaryl/α,β-unsaturated/α-hetero) is 1. The van der Waals surface area contributed by atoms with Crippen molar-refractivity contribution < 1.29 is 28.6 Å². The lowest BCUT2D eigenvalue weighted by molar-refractivity contribution is -0.158. The molecule has 6 heteroatoms. The molecule has 0 spiro atoms. The highest BCUT2D eigenvalue weighted by Crippen LogP contribution is 2.37. The van der Waals surface area contributed by atoms with Gasteiger partial charge in [-0.2, -0.15) is 0 Å². The van der Waals surface area contributed by atoms with Crippen LogP contribution in [0, 0.1) is 29.6 Å². The minimum atomic E-state index is -0.360. The maximum Gasteiger partial charge on any atom is 0.330 e. The molecule has 0 N–H and O–H groups in total. The number of carbonyl (C=O) groups excluding carboxylic acids is 3. The number of ketones is 1. The lowest BCUT2D eigenvalue weighted by Gasteiger charge is -2.33. The van der Waals surface area contributed by atoms with Crippen LogP contribution in [0.15, 0.2) is 24.3 Å². The molecule has 0 heterocycles. The molecule has 0 saturated heterocycles. The van der Waals surface area contributed by atoms with Crippen LogP contribution in [0.5, 0.6) is 0 Å². The van der Waals surface area contributed by atoms with Gasteiger partial charge in [-0.25, -0.2) is 4.79 Å². The molecule has 0 radical (unpaired) electrons. The fraction of sp³-hybridized carbons (Fsp3) is 0.788. The van der Waals surface area contributed by atoms with Crippen LogP contribution in [0.2, 0.25) is 0 Å². The Morgan fingerprint density at radius 3 is 2.15 bits per heavy atom. The van der Waals surface area contributed by atoms with E-state index in [2.05, 4.69) is 33.4 Å². The monoisotopic (exact) mass is 544 g/mol. The van der Waals surface area contributed by atoms with Gasteiger partial charge in [-0.15, -0.1) is 0 Å². The minimum absolute atomic E-state index is 0.00311. The highest BCUT2D eigenvalue weighted by molar-refractivity contribution is 5.98. The Bertz CT molecular complexity index is 829. The first-order valence-electron chi connectivity index (χ1n) is 15.7. The van der Waals surface area contributed by atoms with Crippen molar-refractivity contribution in [1.29, 1.82) is 0 Å². The van der Waals surface area contributed by atoms with Crippen molar-refractivity contribution >= 4 is 17.7 Å². The van der Waals surface area contributed by atoms with Crippen molar-refractivity contribution in [2.24, 2.45) is 29.6 Å². The van der Waals surface area contributed by atoms with Gasteiger partial charge >= 0.3 is 11.9 Å². The Kier molecular flexibility index (Phi) is 13.2. The largest absolute Gasteiger partial charge is 0.463 e. The molecule has 3 rings (SSSR count). The SMILES string of the molecule is C=CC(=O)OCCCCCCOC1CCC(C(=O)OC2CCC(C=C3C(=O)C(C(C)C)CCC3C)CC2)CC1. The summed E-state index contributed by atoms with van der Waals surface area (Å²) in [7, 11) is 0. The summed E-state index contributed by atoms with van der Waals surface area (Å²) in [6, 6.07) is 0. The Morgan fingerprint density at radius 2 is 1.51 bits per heavy atom. The molecule has 3 aliphatic carbocycles. The molecule has 3 saturated carbocycles. The van der Waals surface area contributed by atoms with E-state index in [9.17, 15) is 14.4 Å². The highest BCUT2D eigenvalue weighted by Gasteiger charge is 2.34. The maximum atomic E-state index is 13.0. The third-order valence-electron chi connectivity index (χ3n) is 9.10. The molecular formula is C33H52O6. The van der Waals surface area contributed by atoms with E-state index in [0.717, 1.165) is 102 Å². The van der Waals surface area contributed by atoms with Crippen molar-refractivity contribution in [1.82, 2.24) is 0 Å². The first-order valence-corrected chi connectivity index (χ1v) is 15.7. The summed E-state index contributed by atoms with van der Waals surface area (Å²) in [4.78, 5) is 36.9. The number of allylic oxidation sites excluding steroid dienone is 2. The Balaban J connectivity index is 1.28. The smallest absolute Gasteiger partial charge is 0.330 e. The molecule has 3 aliphatic rings. The van der Waals surface area contributed by atoms with E-state index in [1.807, 2.05) is 0 Å². The van der Waals surface area contributed by atoms with Gasteiger partial charge in [0, 0.05) is 18.6 Å². The third kappa shape index (κ3) is 10.2. The van der Waals surface area contributed by atoms with Gasteiger partial charge < -0.3 is 14.2 Å². The zero-order chi connectivity index (χ0) is 28.2. The van der Waals surface area contributed by atoms with Gasteiger partial charge in [0.2, 0.25) is 0 Å². The van der Waals surface area contributed by atoms with Crippen molar-refractivity contribution in [2.45, 2.75) is 123 Å². The topological polar surface area (TPSA) is 78.9 Å². The molecule has 39 heavy (non-hydrogen) atoms. The molecule has 6 nitrogen and oxygen atoms in total. The van der Waals surface area contributed by atoms with E-state index in [-0.39, 0.29) is 36.0 Å². The number of hydrogen-bond acceptors (Lipinski definition) is 6. The number of esters is 2. The van der Waals surface area contributed by atoms with E-state index >= 15 is 0 Å². The molecule has 0 bridgehead atoms. The number of rotatable bonds is 13. The first-order chi connectivity index (χ1) is 18.8. The third-order valence-corrected chi connectivity index (χ3v) is 9.10. The van der Waals surface area contributed by atoms with Crippen molar-refractivity contribution in [3.63, 3.8) is 0 Å². The predicted molar refractivity (Wildman–Crippen MR) is 153 cm³/mol. The highest BCUT2D eigenvalue weighted by atomic mass is 16.5. The van der Waals surface area contributed by atoms with E-state index in [1.54, 1.807) is 0 Å². The zero-order valence-corrected chi connectivity index (χ0v) is 24.7. The second kappa shape index (κ2) is 16.3. The van der Waals surface area contributed by atoms with Crippen LogP contribution in [0.25, 0.3) is 0 Å². The van der Waals surface area contributed by atoms with E-state index < -0.39 is 0 Å². The summed E-state index contributed by atoms with van der Waals surface area (Å²) in [5.41, 5.74) is 1.06. The Labute approximate surface area is 236 Å². The molecule has 2 unspecified atom stereocenters. The van der Waals surface area contributed by atoms with Crippen LogP contribution in [0.3, 0.4) is 0 Å². The fourth-order valence-electron chi connectivity index (χ4n) is 6.45. The molecule has 0 amide bonds. The van der Waals surface area contributed by atoms with Gasteiger partial charge in [0.25, 0.3) is 0 Å². The van der Waals surface area contributed by atoms with Gasteiger partial charge in [0.05, 0.1) is 18.6 Å². The second-order valence-corrected chi connectivity index (χ2v) is 12.4. The average molecular weight is 545 g/mol. The minimum Gasteiger partial charge on any atom is -0.463 e. The second-order valence-electron chi connectivity index (χ2n) is 12.4. The van der Waals surface area contributed by atoms with E-state index in [0.29, 0.717) is 30.1 Å². The van der Waals surface area contributed by atoms with Crippen LogP contribution < -0.4 is 0 Å². The van der Waals surface area contributed by atoms with Gasteiger partial charge in [-0.3, -0.25) is 9.59 Å². The summed E-state index contributed by atoms with van der Waals surface area (Å²) in [6.07, 6.45) is 17.1. The van der Waals surface area contributed by atoms with Crippen LogP contribution in [0.4, 0.5) is 0 Å². The molecule has 0 aromatic heterocycles. The Hall–Kier alpha value is -1.95. The van der Waals surface area contributed by atoms with E-state index in [4.69, 9.17) is 14.2 Å². The average Bonchev–Trinajstić information content (AvgIpc) is 2.93. The van der Waals surface area contributed by atoms with E-state index in [1.165, 1.54) is 6.08 Å². The van der Waals surface area contributed by atoms with Crippen LogP contribution in [-0.2, 0) is 28.6 Å². The van der Waals surface area contributed by atoms with Crippen molar-refractivity contribution in [3.8, 4) is 0 Å². The molecule has 0 aliphatic heterocycles. The van der Waals surface area contributed by atoms with Crippen LogP contribution in [0.1, 0.15) is 111 Å². The quantitative estimate of drug-likeness (QED) is 0.139. The number of ether oxygens (including phenoxy) is 3. The molecule has 0 aromatic carbocycles. The number of carbonyl (C=O) groups is 3. The molecule has 220 valence electrons. The lowest BCUT2D eigenvalue weighted by atomic mass is 9.72.